The first-order chi connectivity index (χ1) is 9.66. The van der Waals surface area contributed by atoms with Crippen LogP contribution in [0.25, 0.3) is 10.1 Å². The summed E-state index contributed by atoms with van der Waals surface area (Å²) in [5, 5.41) is 5.45. The molecule has 0 unspecified atom stereocenters. The molecule has 3 rings (SSSR count). The minimum absolute atomic E-state index is 0.736. The average Bonchev–Trinajstić information content (AvgIpc) is 2.78. The van der Waals surface area contributed by atoms with E-state index in [1.165, 1.54) is 15.1 Å². The van der Waals surface area contributed by atoms with Crippen molar-refractivity contribution in [2.24, 2.45) is 0 Å². The zero-order chi connectivity index (χ0) is 14.1. The molecule has 0 saturated heterocycles. The van der Waals surface area contributed by atoms with Gasteiger partial charge >= 0.3 is 0 Å². The van der Waals surface area contributed by atoms with E-state index in [1.54, 1.807) is 11.3 Å². The Balaban J connectivity index is 1.87. The fourth-order valence-electron chi connectivity index (χ4n) is 2.14. The predicted octanol–water partition coefficient (Wildman–Crippen LogP) is 6.24. The second-order valence-corrected chi connectivity index (χ2v) is 6.93. The third-order valence-corrected chi connectivity index (χ3v) is 6.00. The van der Waals surface area contributed by atoms with E-state index < -0.39 is 0 Å². The van der Waals surface area contributed by atoms with Crippen LogP contribution in [-0.2, 0) is 6.54 Å². The average molecular weight is 367 g/mol. The summed E-state index contributed by atoms with van der Waals surface area (Å²) < 4.78 is 2.34. The molecule has 0 radical (unpaired) electrons. The van der Waals surface area contributed by atoms with Gasteiger partial charge in [-0.15, -0.1) is 11.3 Å². The molecule has 3 aromatic rings. The molecule has 0 amide bonds. The van der Waals surface area contributed by atoms with Gasteiger partial charge in [-0.2, -0.15) is 0 Å². The number of aryl methyl sites for hydroxylation is 1. The number of thiophene rings is 1. The SMILES string of the molecule is Cc1cccc(NCc2sc3ccccc3c2Cl)c1Br. The fraction of sp³-hybridized carbons (Fsp3) is 0.125. The number of hydrogen-bond donors (Lipinski definition) is 1. The molecular formula is C16H13BrClNS. The Kier molecular flexibility index (Phi) is 4.01. The molecule has 0 bridgehead atoms. The highest BCUT2D eigenvalue weighted by atomic mass is 79.9. The van der Waals surface area contributed by atoms with E-state index >= 15 is 0 Å². The van der Waals surface area contributed by atoms with Crippen molar-refractivity contribution in [3.63, 3.8) is 0 Å². The topological polar surface area (TPSA) is 12.0 Å². The third kappa shape index (κ3) is 2.58. The van der Waals surface area contributed by atoms with Gasteiger partial charge in [0.1, 0.15) is 0 Å². The summed E-state index contributed by atoms with van der Waals surface area (Å²) in [6.45, 7) is 2.82. The lowest BCUT2D eigenvalue weighted by atomic mass is 10.2. The van der Waals surface area contributed by atoms with Gasteiger partial charge < -0.3 is 5.32 Å². The van der Waals surface area contributed by atoms with Crippen LogP contribution in [0.3, 0.4) is 0 Å². The minimum atomic E-state index is 0.736. The molecule has 0 saturated carbocycles. The lowest BCUT2D eigenvalue weighted by Crippen LogP contribution is -1.99. The van der Waals surface area contributed by atoms with Crippen LogP contribution in [0, 0.1) is 6.92 Å². The molecule has 0 fully saturated rings. The molecule has 1 aromatic heterocycles. The molecule has 0 aliphatic rings. The van der Waals surface area contributed by atoms with Crippen molar-refractivity contribution in [1.82, 2.24) is 0 Å². The van der Waals surface area contributed by atoms with Gasteiger partial charge in [0.2, 0.25) is 0 Å². The maximum atomic E-state index is 6.45. The normalized spacial score (nSPS) is 10.9. The first-order valence-electron chi connectivity index (χ1n) is 6.31. The highest BCUT2D eigenvalue weighted by molar-refractivity contribution is 9.10. The van der Waals surface area contributed by atoms with E-state index in [4.69, 9.17) is 11.6 Å². The summed E-state index contributed by atoms with van der Waals surface area (Å²) in [6.07, 6.45) is 0. The van der Waals surface area contributed by atoms with Crippen LogP contribution in [0.5, 0.6) is 0 Å². The summed E-state index contributed by atoms with van der Waals surface area (Å²) >= 11 is 11.8. The van der Waals surface area contributed by atoms with Crippen molar-refractivity contribution < 1.29 is 0 Å². The number of benzene rings is 2. The third-order valence-electron chi connectivity index (χ3n) is 3.23. The molecule has 0 atom stereocenters. The van der Waals surface area contributed by atoms with Crippen LogP contribution in [0.2, 0.25) is 5.02 Å². The fourth-order valence-corrected chi connectivity index (χ4v) is 3.98. The summed E-state index contributed by atoms with van der Waals surface area (Å²) in [5.74, 6) is 0. The Labute approximate surface area is 135 Å². The van der Waals surface area contributed by atoms with Crippen LogP contribution in [-0.4, -0.2) is 0 Å². The summed E-state index contributed by atoms with van der Waals surface area (Å²) in [4.78, 5) is 1.17. The Morgan fingerprint density at radius 1 is 1.15 bits per heavy atom. The second-order valence-electron chi connectivity index (χ2n) is 4.63. The summed E-state index contributed by atoms with van der Waals surface area (Å²) in [7, 11) is 0. The summed E-state index contributed by atoms with van der Waals surface area (Å²) in [5.41, 5.74) is 2.32. The number of fused-ring (bicyclic) bond motifs is 1. The van der Waals surface area contributed by atoms with Gasteiger partial charge in [-0.05, 0) is 40.5 Å². The molecular weight excluding hydrogens is 354 g/mol. The van der Waals surface area contributed by atoms with Gasteiger partial charge in [-0.1, -0.05) is 41.9 Å². The standard InChI is InChI=1S/C16H13BrClNS/c1-10-5-4-7-12(15(10)17)19-9-14-16(18)11-6-2-3-8-13(11)20-14/h2-8,19H,9H2,1H3. The van der Waals surface area contributed by atoms with Gasteiger partial charge in [-0.3, -0.25) is 0 Å². The first kappa shape index (κ1) is 13.9. The molecule has 1 heterocycles. The number of halogens is 2. The molecule has 0 spiro atoms. The van der Waals surface area contributed by atoms with Crippen molar-refractivity contribution in [2.45, 2.75) is 13.5 Å². The van der Waals surface area contributed by atoms with E-state index in [2.05, 4.69) is 58.5 Å². The van der Waals surface area contributed by atoms with Crippen LogP contribution in [0.15, 0.2) is 46.9 Å². The van der Waals surface area contributed by atoms with E-state index in [-0.39, 0.29) is 0 Å². The lowest BCUT2D eigenvalue weighted by Gasteiger charge is -2.09. The number of hydrogen-bond acceptors (Lipinski definition) is 2. The number of nitrogens with one attached hydrogen (secondary N) is 1. The Morgan fingerprint density at radius 2 is 1.95 bits per heavy atom. The summed E-state index contributed by atoms with van der Waals surface area (Å²) in [6, 6.07) is 14.5. The zero-order valence-electron chi connectivity index (χ0n) is 10.9. The molecule has 20 heavy (non-hydrogen) atoms. The highest BCUT2D eigenvalue weighted by Crippen LogP contribution is 2.36. The van der Waals surface area contributed by atoms with Crippen molar-refractivity contribution in [1.29, 1.82) is 0 Å². The molecule has 1 nitrogen and oxygen atoms in total. The molecule has 1 N–H and O–H groups in total. The van der Waals surface area contributed by atoms with E-state index in [9.17, 15) is 0 Å². The van der Waals surface area contributed by atoms with E-state index in [0.717, 1.165) is 27.1 Å². The Bertz CT molecular complexity index is 766. The first-order valence-corrected chi connectivity index (χ1v) is 8.30. The van der Waals surface area contributed by atoms with Crippen LogP contribution in [0.1, 0.15) is 10.4 Å². The minimum Gasteiger partial charge on any atom is -0.379 e. The molecule has 0 aliphatic heterocycles. The predicted molar refractivity (Wildman–Crippen MR) is 93.0 cm³/mol. The van der Waals surface area contributed by atoms with Crippen molar-refractivity contribution in [3.05, 3.63) is 62.4 Å². The van der Waals surface area contributed by atoms with Crippen molar-refractivity contribution in [3.8, 4) is 0 Å². The van der Waals surface area contributed by atoms with Gasteiger partial charge in [-0.25, -0.2) is 0 Å². The Hall–Kier alpha value is -1.03. The zero-order valence-corrected chi connectivity index (χ0v) is 14.1. The largest absolute Gasteiger partial charge is 0.379 e. The van der Waals surface area contributed by atoms with Crippen LogP contribution < -0.4 is 5.32 Å². The maximum absolute atomic E-state index is 6.45. The van der Waals surface area contributed by atoms with Crippen LogP contribution in [0.4, 0.5) is 5.69 Å². The maximum Gasteiger partial charge on any atom is 0.0642 e. The van der Waals surface area contributed by atoms with Crippen molar-refractivity contribution in [2.75, 3.05) is 5.32 Å². The van der Waals surface area contributed by atoms with Gasteiger partial charge in [0.25, 0.3) is 0 Å². The van der Waals surface area contributed by atoms with E-state index in [0.29, 0.717) is 0 Å². The lowest BCUT2D eigenvalue weighted by molar-refractivity contribution is 1.18. The van der Waals surface area contributed by atoms with Gasteiger partial charge in [0.15, 0.2) is 0 Å². The van der Waals surface area contributed by atoms with Crippen LogP contribution >= 0.6 is 38.9 Å². The highest BCUT2D eigenvalue weighted by Gasteiger charge is 2.10. The van der Waals surface area contributed by atoms with E-state index in [1.807, 2.05) is 12.1 Å². The second kappa shape index (κ2) is 5.76. The van der Waals surface area contributed by atoms with Gasteiger partial charge in [0.05, 0.1) is 11.6 Å². The smallest absolute Gasteiger partial charge is 0.0642 e. The molecule has 0 aliphatic carbocycles. The van der Waals surface area contributed by atoms with Crippen molar-refractivity contribution >= 4 is 54.6 Å². The molecule has 4 heteroatoms. The quantitative estimate of drug-likeness (QED) is 0.578. The van der Waals surface area contributed by atoms with Gasteiger partial charge in [0, 0.05) is 25.1 Å². The number of rotatable bonds is 3. The Morgan fingerprint density at radius 3 is 2.75 bits per heavy atom. The monoisotopic (exact) mass is 365 g/mol. The molecule has 102 valence electrons. The number of anilines is 1. The molecule has 2 aromatic carbocycles.